The van der Waals surface area contributed by atoms with Crippen LogP contribution in [0.15, 0.2) is 34.8 Å². The zero-order valence-electron chi connectivity index (χ0n) is 16.3. The van der Waals surface area contributed by atoms with E-state index in [9.17, 15) is 9.59 Å². The molecule has 0 saturated carbocycles. The second-order valence-electron chi connectivity index (χ2n) is 7.99. The van der Waals surface area contributed by atoms with Gasteiger partial charge in [0.2, 0.25) is 0 Å². The summed E-state index contributed by atoms with van der Waals surface area (Å²) in [6.07, 6.45) is 0. The normalized spacial score (nSPS) is 16.2. The Kier molecular flexibility index (Phi) is 3.89. The van der Waals surface area contributed by atoms with E-state index in [-0.39, 0.29) is 0 Å². The molecule has 5 rings (SSSR count). The first-order valence-corrected chi connectivity index (χ1v) is 11.2. The number of aromatic nitrogens is 1. The van der Waals surface area contributed by atoms with Gasteiger partial charge in [-0.1, -0.05) is 39.7 Å². The van der Waals surface area contributed by atoms with Crippen LogP contribution in [0.2, 0.25) is 0 Å². The summed E-state index contributed by atoms with van der Waals surface area (Å²) in [5, 5.41) is 0. The molecule has 0 aliphatic carbocycles. The van der Waals surface area contributed by atoms with Gasteiger partial charge in [0.1, 0.15) is 4.64 Å². The number of halogens is 1. The van der Waals surface area contributed by atoms with Gasteiger partial charge in [-0.15, -0.1) is 0 Å². The molecule has 1 amide bonds. The smallest absolute Gasteiger partial charge is 0.294 e. The zero-order chi connectivity index (χ0) is 20.8. The summed E-state index contributed by atoms with van der Waals surface area (Å²) in [7, 11) is 0. The molecule has 2 aromatic carbocycles. The maximum absolute atomic E-state index is 13.0. The van der Waals surface area contributed by atoms with Gasteiger partial charge < -0.3 is 0 Å². The number of hydrogen-bond donors (Lipinski definition) is 0. The Labute approximate surface area is 186 Å². The second-order valence-corrected chi connectivity index (χ2v) is 10.2. The third kappa shape index (κ3) is 2.32. The topological polar surface area (TPSA) is 42.3 Å². The Morgan fingerprint density at radius 3 is 2.38 bits per heavy atom. The maximum atomic E-state index is 13.0. The first kappa shape index (κ1) is 18.9. The van der Waals surface area contributed by atoms with E-state index in [1.165, 1.54) is 11.5 Å². The van der Waals surface area contributed by atoms with Gasteiger partial charge in [0, 0.05) is 15.6 Å². The number of carbonyl (C=O) groups excluding carboxylic acids is 2. The predicted molar refractivity (Wildman–Crippen MR) is 122 cm³/mol. The molecule has 3 aromatic rings. The van der Waals surface area contributed by atoms with Crippen LogP contribution < -0.4 is 4.90 Å². The van der Waals surface area contributed by atoms with Gasteiger partial charge in [-0.05, 0) is 69.2 Å². The Balaban J connectivity index is 1.90. The van der Waals surface area contributed by atoms with Crippen LogP contribution in [-0.2, 0) is 10.3 Å². The Morgan fingerprint density at radius 1 is 1.07 bits per heavy atom. The molecule has 2 aliphatic heterocycles. The molecule has 1 aromatic heterocycles. The lowest BCUT2D eigenvalue weighted by Crippen LogP contribution is -2.46. The van der Waals surface area contributed by atoms with Gasteiger partial charge in [-0.2, -0.15) is 0 Å². The fraction of sp³-hybridized carbons (Fsp3) is 0.227. The third-order valence-electron chi connectivity index (χ3n) is 5.92. The molecule has 0 spiro atoms. The molecule has 3 heterocycles. The Morgan fingerprint density at radius 2 is 1.72 bits per heavy atom. The number of nitrogens with zero attached hydrogens (tertiary/aromatic N) is 2. The molecule has 0 N–H and O–H groups in total. The summed E-state index contributed by atoms with van der Waals surface area (Å²) >= 11 is 10.9. The van der Waals surface area contributed by atoms with Crippen molar-refractivity contribution in [2.24, 2.45) is 0 Å². The molecule has 0 bridgehead atoms. The van der Waals surface area contributed by atoms with Crippen LogP contribution in [0.1, 0.15) is 40.2 Å². The molecule has 0 atom stereocenters. The van der Waals surface area contributed by atoms with Gasteiger partial charge in [0.25, 0.3) is 11.7 Å². The van der Waals surface area contributed by atoms with E-state index in [2.05, 4.69) is 22.0 Å². The Bertz CT molecular complexity index is 1320. The molecular weight excluding hydrogens is 468 g/mol. The van der Waals surface area contributed by atoms with Crippen LogP contribution in [0, 0.1) is 18.5 Å². The first-order chi connectivity index (χ1) is 13.6. The molecule has 2 aliphatic rings. The van der Waals surface area contributed by atoms with E-state index in [0.717, 1.165) is 37.3 Å². The molecule has 0 saturated heterocycles. The highest BCUT2D eigenvalue weighted by atomic mass is 79.9. The number of amides is 1. The van der Waals surface area contributed by atoms with Crippen molar-refractivity contribution in [1.82, 2.24) is 3.96 Å². The number of fused-ring (bicyclic) bond motifs is 2. The molecule has 4 nitrogen and oxygen atoms in total. The minimum absolute atomic E-state index is 0.419. The highest BCUT2D eigenvalue weighted by Gasteiger charge is 2.52. The van der Waals surface area contributed by atoms with Gasteiger partial charge in [-0.25, -0.2) is 0 Å². The number of carbonyl (C=O) groups is 2. The number of hydrogen-bond acceptors (Lipinski definition) is 4. The minimum atomic E-state index is -0.666. The minimum Gasteiger partial charge on any atom is -0.294 e. The van der Waals surface area contributed by atoms with E-state index in [4.69, 9.17) is 12.2 Å². The van der Waals surface area contributed by atoms with Crippen LogP contribution in [0.5, 0.6) is 0 Å². The van der Waals surface area contributed by atoms with Crippen molar-refractivity contribution < 1.29 is 9.59 Å². The molecular formula is C22H17BrN2O2S2. The van der Waals surface area contributed by atoms with E-state index in [0.29, 0.717) is 15.9 Å². The van der Waals surface area contributed by atoms with Crippen molar-refractivity contribution in [2.75, 3.05) is 4.90 Å². The van der Waals surface area contributed by atoms with E-state index < -0.39 is 17.2 Å². The summed E-state index contributed by atoms with van der Waals surface area (Å²) in [6, 6.07) is 10.1. The number of rotatable bonds is 1. The highest BCUT2D eigenvalue weighted by Crippen LogP contribution is 2.55. The van der Waals surface area contributed by atoms with Crippen LogP contribution >= 0.6 is 39.7 Å². The molecule has 146 valence electrons. The van der Waals surface area contributed by atoms with Crippen molar-refractivity contribution in [3.63, 3.8) is 0 Å². The van der Waals surface area contributed by atoms with Crippen molar-refractivity contribution in [3.05, 3.63) is 61.0 Å². The van der Waals surface area contributed by atoms with Crippen LogP contribution in [0.3, 0.4) is 0 Å². The SMILES string of the molecule is Cc1cc2c3c(c1C)C(=O)C(=O)N3C(C)(C)c1sn(-c3ccc(Br)cc3)c(=S)c1-2. The number of anilines is 1. The first-order valence-electron chi connectivity index (χ1n) is 9.20. The largest absolute Gasteiger partial charge is 0.300 e. The molecule has 0 fully saturated rings. The quantitative estimate of drug-likeness (QED) is 0.309. The lowest BCUT2D eigenvalue weighted by Gasteiger charge is -2.40. The maximum Gasteiger partial charge on any atom is 0.300 e. The van der Waals surface area contributed by atoms with Crippen molar-refractivity contribution in [1.29, 1.82) is 0 Å². The molecule has 29 heavy (non-hydrogen) atoms. The fourth-order valence-electron chi connectivity index (χ4n) is 4.33. The average Bonchev–Trinajstić information content (AvgIpc) is 3.15. The summed E-state index contributed by atoms with van der Waals surface area (Å²) in [5.41, 5.74) is 5.25. The molecule has 7 heteroatoms. The van der Waals surface area contributed by atoms with Crippen molar-refractivity contribution >= 4 is 57.1 Å². The summed E-state index contributed by atoms with van der Waals surface area (Å²) in [4.78, 5) is 28.5. The summed E-state index contributed by atoms with van der Waals surface area (Å²) in [6.45, 7) is 7.86. The van der Waals surface area contributed by atoms with Gasteiger partial charge >= 0.3 is 0 Å². The third-order valence-corrected chi connectivity index (χ3v) is 8.41. The number of Topliss-reactive ketones (excluding diaryl/α,β-unsaturated/α-hetero) is 1. The zero-order valence-corrected chi connectivity index (χ0v) is 19.5. The summed E-state index contributed by atoms with van der Waals surface area (Å²) < 4.78 is 3.74. The van der Waals surface area contributed by atoms with Gasteiger partial charge in [-0.3, -0.25) is 18.4 Å². The lowest BCUT2D eigenvalue weighted by atomic mass is 9.85. The van der Waals surface area contributed by atoms with Crippen LogP contribution in [-0.4, -0.2) is 15.6 Å². The second kappa shape index (κ2) is 5.97. The van der Waals surface area contributed by atoms with Gasteiger partial charge in [0.15, 0.2) is 0 Å². The predicted octanol–water partition coefficient (Wildman–Crippen LogP) is 6.09. The van der Waals surface area contributed by atoms with Crippen LogP contribution in [0.25, 0.3) is 16.8 Å². The van der Waals surface area contributed by atoms with E-state index in [1.54, 1.807) is 4.90 Å². The lowest BCUT2D eigenvalue weighted by molar-refractivity contribution is -0.115. The monoisotopic (exact) mass is 484 g/mol. The molecule has 0 unspecified atom stereocenters. The van der Waals surface area contributed by atoms with Crippen molar-refractivity contribution in [2.45, 2.75) is 33.2 Å². The van der Waals surface area contributed by atoms with E-state index in [1.807, 2.05) is 55.9 Å². The van der Waals surface area contributed by atoms with Crippen LogP contribution in [0.4, 0.5) is 5.69 Å². The average molecular weight is 485 g/mol. The van der Waals surface area contributed by atoms with E-state index >= 15 is 0 Å². The number of benzene rings is 2. The molecule has 0 radical (unpaired) electrons. The van der Waals surface area contributed by atoms with Gasteiger partial charge in [0.05, 0.1) is 27.4 Å². The number of ketones is 1. The van der Waals surface area contributed by atoms with Crippen molar-refractivity contribution in [3.8, 4) is 16.8 Å². The number of aryl methyl sites for hydroxylation is 1. The fourth-order valence-corrected chi connectivity index (χ4v) is 6.28. The standard InChI is InChI=1S/C22H17BrN2O2S2/c1-10-9-14-16-19(29-25(21(16)28)13-7-5-12(23)6-8-13)22(3,4)24-17(14)15(11(10)2)18(26)20(24)27/h5-9H,1-4H3. The highest BCUT2D eigenvalue weighted by molar-refractivity contribution is 9.10. The Hall–Kier alpha value is -2.09. The summed E-state index contributed by atoms with van der Waals surface area (Å²) in [5.74, 6) is -0.877.